The molecule has 0 bridgehead atoms. The normalized spacial score (nSPS) is 12.3. The largest absolute Gasteiger partial charge is 0.491 e. The topological polar surface area (TPSA) is 49.7 Å². The molecule has 18 heavy (non-hydrogen) atoms. The van der Waals surface area contributed by atoms with Crippen molar-refractivity contribution in [3.63, 3.8) is 0 Å². The Hall–Kier alpha value is -1.10. The zero-order chi connectivity index (χ0) is 14.0. The average Bonchev–Trinajstić information content (AvgIpc) is 2.27. The van der Waals surface area contributed by atoms with Crippen LogP contribution in [0.1, 0.15) is 33.3 Å². The first kappa shape index (κ1) is 15.0. The molecule has 0 amide bonds. The molecule has 0 aliphatic heterocycles. The number of hydrogen-bond acceptors (Lipinski definition) is 3. The highest BCUT2D eigenvalue weighted by Gasteiger charge is 2.39. The van der Waals surface area contributed by atoms with E-state index >= 15 is 0 Å². The molecule has 0 heterocycles. The van der Waals surface area contributed by atoms with E-state index in [1.807, 2.05) is 12.1 Å². The third-order valence-electron chi connectivity index (χ3n) is 3.34. The quantitative estimate of drug-likeness (QED) is 0.778. The predicted molar refractivity (Wildman–Crippen MR) is 75.6 cm³/mol. The van der Waals surface area contributed by atoms with Crippen LogP contribution in [0, 0.1) is 0 Å². The van der Waals surface area contributed by atoms with Gasteiger partial charge in [0.2, 0.25) is 0 Å². The third-order valence-corrected chi connectivity index (χ3v) is 3.34. The lowest BCUT2D eigenvalue weighted by Gasteiger charge is -2.38. The lowest BCUT2D eigenvalue weighted by Crippen LogP contribution is -2.53. The molecule has 0 aliphatic carbocycles. The molecule has 3 nitrogen and oxygen atoms in total. The second-order valence-corrected chi connectivity index (χ2v) is 5.41. The first-order valence-corrected chi connectivity index (χ1v) is 5.98. The molecule has 2 N–H and O–H groups in total. The van der Waals surface area contributed by atoms with E-state index in [2.05, 4.69) is 6.58 Å². The summed E-state index contributed by atoms with van der Waals surface area (Å²) < 4.78 is 5.54. The molecule has 0 spiro atoms. The van der Waals surface area contributed by atoms with Gasteiger partial charge >= 0.3 is 7.12 Å². The highest BCUT2D eigenvalue weighted by atomic mass is 16.5. The Kier molecular flexibility index (Phi) is 4.38. The summed E-state index contributed by atoms with van der Waals surface area (Å²) in [6.45, 7) is 10.5. The van der Waals surface area contributed by atoms with Crippen LogP contribution in [0.5, 0.6) is 0 Å². The monoisotopic (exact) mass is 248 g/mol. The van der Waals surface area contributed by atoms with Crippen molar-refractivity contribution in [1.82, 2.24) is 0 Å². The molecule has 0 saturated heterocycles. The minimum absolute atomic E-state index is 0.651. The molecule has 0 aliphatic rings. The van der Waals surface area contributed by atoms with Crippen LogP contribution < -0.4 is 5.46 Å². The molecule has 98 valence electrons. The fraction of sp³-hybridized carbons (Fsp3) is 0.429. The van der Waals surface area contributed by atoms with Crippen molar-refractivity contribution >= 4 is 18.7 Å². The highest BCUT2D eigenvalue weighted by Crippen LogP contribution is 2.25. The Morgan fingerprint density at radius 1 is 1.17 bits per heavy atom. The average molecular weight is 248 g/mol. The molecule has 0 atom stereocenters. The molecule has 0 unspecified atom stereocenters. The zero-order valence-corrected chi connectivity index (χ0v) is 11.5. The second-order valence-electron chi connectivity index (χ2n) is 5.41. The maximum Gasteiger partial charge on any atom is 0.491 e. The SMILES string of the molecule is C=Cc1ccc(B(O)OC(C)(C)C(C)(C)O)cc1. The van der Waals surface area contributed by atoms with Gasteiger partial charge in [0, 0.05) is 0 Å². The van der Waals surface area contributed by atoms with E-state index < -0.39 is 18.3 Å². The third kappa shape index (κ3) is 3.45. The Morgan fingerprint density at radius 2 is 1.67 bits per heavy atom. The molecule has 1 rings (SSSR count). The van der Waals surface area contributed by atoms with Gasteiger partial charge in [-0.15, -0.1) is 0 Å². The van der Waals surface area contributed by atoms with Crippen LogP contribution in [-0.2, 0) is 4.65 Å². The Balaban J connectivity index is 2.81. The van der Waals surface area contributed by atoms with Crippen molar-refractivity contribution in [3.8, 4) is 0 Å². The number of hydrogen-bond donors (Lipinski definition) is 2. The molecule has 0 fully saturated rings. The Labute approximate surface area is 109 Å². The van der Waals surface area contributed by atoms with E-state index in [9.17, 15) is 10.1 Å². The van der Waals surface area contributed by atoms with Crippen LogP contribution in [0.15, 0.2) is 30.8 Å². The highest BCUT2D eigenvalue weighted by molar-refractivity contribution is 6.60. The number of aliphatic hydroxyl groups is 1. The predicted octanol–water partition coefficient (Wildman–Crippen LogP) is 1.58. The van der Waals surface area contributed by atoms with Crippen molar-refractivity contribution in [2.75, 3.05) is 0 Å². The first-order valence-electron chi connectivity index (χ1n) is 5.98. The number of benzene rings is 1. The molecule has 4 heteroatoms. The summed E-state index contributed by atoms with van der Waals surface area (Å²) in [7, 11) is -1.06. The van der Waals surface area contributed by atoms with Gasteiger partial charge in [0.05, 0.1) is 11.2 Å². The van der Waals surface area contributed by atoms with Crippen LogP contribution >= 0.6 is 0 Å². The van der Waals surface area contributed by atoms with Gasteiger partial charge in [0.25, 0.3) is 0 Å². The molecule has 0 radical (unpaired) electrons. The maximum atomic E-state index is 10.0. The van der Waals surface area contributed by atoms with Crippen molar-refractivity contribution in [2.45, 2.75) is 38.9 Å². The molecule has 1 aromatic carbocycles. The minimum Gasteiger partial charge on any atom is -0.423 e. The van der Waals surface area contributed by atoms with Gasteiger partial charge < -0.3 is 14.8 Å². The van der Waals surface area contributed by atoms with Crippen molar-refractivity contribution in [3.05, 3.63) is 36.4 Å². The lowest BCUT2D eigenvalue weighted by atomic mass is 9.76. The summed E-state index contributed by atoms with van der Waals surface area (Å²) in [5.41, 5.74) is -0.274. The maximum absolute atomic E-state index is 10.0. The van der Waals surface area contributed by atoms with Crippen molar-refractivity contribution in [2.24, 2.45) is 0 Å². The van der Waals surface area contributed by atoms with Gasteiger partial charge in [-0.2, -0.15) is 0 Å². The summed E-state index contributed by atoms with van der Waals surface area (Å²) >= 11 is 0. The fourth-order valence-corrected chi connectivity index (χ4v) is 1.29. The van der Waals surface area contributed by atoms with Crippen molar-refractivity contribution < 1.29 is 14.8 Å². The lowest BCUT2D eigenvalue weighted by molar-refractivity contribution is -0.0982. The molecular weight excluding hydrogens is 227 g/mol. The van der Waals surface area contributed by atoms with Gasteiger partial charge in [0.15, 0.2) is 0 Å². The van der Waals surface area contributed by atoms with Gasteiger partial charge in [-0.25, -0.2) is 0 Å². The van der Waals surface area contributed by atoms with E-state index in [1.54, 1.807) is 45.9 Å². The summed E-state index contributed by atoms with van der Waals surface area (Å²) in [4.78, 5) is 0. The molecular formula is C14H21BO3. The van der Waals surface area contributed by atoms with Crippen LogP contribution in [0.2, 0.25) is 0 Å². The minimum atomic E-state index is -1.06. The van der Waals surface area contributed by atoms with Gasteiger partial charge in [-0.1, -0.05) is 36.9 Å². The van der Waals surface area contributed by atoms with E-state index in [-0.39, 0.29) is 0 Å². The van der Waals surface area contributed by atoms with E-state index in [0.717, 1.165) is 5.56 Å². The number of rotatable bonds is 5. The van der Waals surface area contributed by atoms with Crippen LogP contribution in [-0.4, -0.2) is 28.5 Å². The van der Waals surface area contributed by atoms with E-state index in [4.69, 9.17) is 4.65 Å². The smallest absolute Gasteiger partial charge is 0.423 e. The summed E-state index contributed by atoms with van der Waals surface area (Å²) in [6, 6.07) is 7.27. The van der Waals surface area contributed by atoms with E-state index in [1.165, 1.54) is 0 Å². The van der Waals surface area contributed by atoms with Gasteiger partial charge in [-0.05, 0) is 38.7 Å². The first-order chi connectivity index (χ1) is 8.17. The van der Waals surface area contributed by atoms with Gasteiger partial charge in [-0.3, -0.25) is 0 Å². The Bertz CT molecular complexity index is 404. The van der Waals surface area contributed by atoms with Crippen LogP contribution in [0.4, 0.5) is 0 Å². The molecule has 1 aromatic rings. The van der Waals surface area contributed by atoms with E-state index in [0.29, 0.717) is 5.46 Å². The van der Waals surface area contributed by atoms with Crippen LogP contribution in [0.25, 0.3) is 6.08 Å². The fourth-order valence-electron chi connectivity index (χ4n) is 1.29. The molecule has 0 aromatic heterocycles. The zero-order valence-electron chi connectivity index (χ0n) is 11.5. The van der Waals surface area contributed by atoms with Crippen LogP contribution in [0.3, 0.4) is 0 Å². The van der Waals surface area contributed by atoms with Gasteiger partial charge in [0.1, 0.15) is 0 Å². The second kappa shape index (κ2) is 5.27. The van der Waals surface area contributed by atoms with Crippen molar-refractivity contribution in [1.29, 1.82) is 0 Å². The summed E-state index contributed by atoms with van der Waals surface area (Å²) in [6.07, 6.45) is 1.73. The molecule has 0 saturated carbocycles. The summed E-state index contributed by atoms with van der Waals surface area (Å²) in [5, 5.41) is 20.0. The standard InChI is InChI=1S/C14H21BO3/c1-6-11-7-9-12(10-8-11)15(17)18-14(4,5)13(2,3)16/h6-10,16-17H,1H2,2-5H3. The Morgan fingerprint density at radius 3 is 2.06 bits per heavy atom. The summed E-state index contributed by atoms with van der Waals surface area (Å²) in [5.74, 6) is 0.